The van der Waals surface area contributed by atoms with Gasteiger partial charge in [0.2, 0.25) is 11.8 Å². The molecule has 1 heterocycles. The van der Waals surface area contributed by atoms with E-state index in [0.29, 0.717) is 40.4 Å². The van der Waals surface area contributed by atoms with Gasteiger partial charge in [-0.3, -0.25) is 4.79 Å². The molecule has 1 aromatic heterocycles. The topological polar surface area (TPSA) is 102 Å². The lowest BCUT2D eigenvalue weighted by Crippen LogP contribution is -2.12. The zero-order valence-electron chi connectivity index (χ0n) is 14.9. The number of hydrogen-bond donors (Lipinski definition) is 2. The summed E-state index contributed by atoms with van der Waals surface area (Å²) in [5, 5.41) is 11.7. The van der Waals surface area contributed by atoms with Crippen LogP contribution in [-0.2, 0) is 9.59 Å². The number of unbranched alkanes of at least 4 members (excludes halogenated alkanes) is 1. The molecular formula is C20H20N2O5. The number of carbonyl (C=O) groups is 2. The number of ether oxygens (including phenoxy) is 1. The Morgan fingerprint density at radius 1 is 1.22 bits per heavy atom. The van der Waals surface area contributed by atoms with Crippen molar-refractivity contribution in [2.75, 3.05) is 11.9 Å². The highest BCUT2D eigenvalue weighted by molar-refractivity contribution is 5.92. The largest absolute Gasteiger partial charge is 0.481 e. The Morgan fingerprint density at radius 3 is 2.78 bits per heavy atom. The van der Waals surface area contributed by atoms with Gasteiger partial charge < -0.3 is 19.6 Å². The molecule has 3 rings (SSSR count). The lowest BCUT2D eigenvalue weighted by molar-refractivity contribution is -0.139. The second-order valence-corrected chi connectivity index (χ2v) is 6.03. The van der Waals surface area contributed by atoms with Crippen molar-refractivity contribution in [3.05, 3.63) is 42.5 Å². The van der Waals surface area contributed by atoms with Gasteiger partial charge in [0.15, 0.2) is 12.2 Å². The first-order chi connectivity index (χ1) is 13.1. The van der Waals surface area contributed by atoms with Crippen LogP contribution in [0.1, 0.15) is 26.2 Å². The number of oxazole rings is 1. The average molecular weight is 368 g/mol. The Morgan fingerprint density at radius 2 is 2.04 bits per heavy atom. The number of aliphatic carboxylic acids is 1. The molecule has 27 heavy (non-hydrogen) atoms. The van der Waals surface area contributed by atoms with E-state index in [1.807, 2.05) is 25.1 Å². The van der Waals surface area contributed by atoms with Crippen LogP contribution in [0.15, 0.2) is 46.9 Å². The van der Waals surface area contributed by atoms with Crippen molar-refractivity contribution >= 4 is 28.7 Å². The summed E-state index contributed by atoms with van der Waals surface area (Å²) in [6.45, 7) is 1.53. The Balaban J connectivity index is 1.94. The molecule has 0 spiro atoms. The third kappa shape index (κ3) is 4.63. The van der Waals surface area contributed by atoms with Gasteiger partial charge in [0, 0.05) is 12.1 Å². The number of anilines is 1. The normalized spacial score (nSPS) is 10.7. The quantitative estimate of drug-likeness (QED) is 0.621. The van der Waals surface area contributed by atoms with E-state index in [0.717, 1.165) is 12.8 Å². The van der Waals surface area contributed by atoms with E-state index in [4.69, 9.17) is 14.3 Å². The first kappa shape index (κ1) is 18.4. The molecule has 0 unspecified atom stereocenters. The van der Waals surface area contributed by atoms with Gasteiger partial charge in [-0.15, -0.1) is 0 Å². The van der Waals surface area contributed by atoms with E-state index in [1.54, 1.807) is 24.3 Å². The number of aromatic nitrogens is 1. The number of carbonyl (C=O) groups excluding carboxylic acids is 1. The maximum atomic E-state index is 12.0. The Bertz CT molecular complexity index is 931. The van der Waals surface area contributed by atoms with Crippen LogP contribution in [0.3, 0.4) is 0 Å². The molecule has 0 bridgehead atoms. The Labute approximate surface area is 156 Å². The van der Waals surface area contributed by atoms with Crippen molar-refractivity contribution in [2.45, 2.75) is 26.2 Å². The number of nitrogens with zero attached hydrogens (tertiary/aromatic N) is 1. The molecule has 0 aliphatic rings. The van der Waals surface area contributed by atoms with Crippen molar-refractivity contribution in [3.63, 3.8) is 0 Å². The number of nitrogens with one attached hydrogen (secondary N) is 1. The first-order valence-corrected chi connectivity index (χ1v) is 8.71. The van der Waals surface area contributed by atoms with E-state index in [2.05, 4.69) is 10.3 Å². The van der Waals surface area contributed by atoms with Crippen LogP contribution in [0.4, 0.5) is 5.69 Å². The maximum absolute atomic E-state index is 12.0. The number of hydrogen-bond acceptors (Lipinski definition) is 5. The van der Waals surface area contributed by atoms with Gasteiger partial charge in [-0.05, 0) is 36.8 Å². The van der Waals surface area contributed by atoms with E-state index < -0.39 is 12.6 Å². The molecule has 2 N–H and O–H groups in total. The molecule has 0 fully saturated rings. The number of carboxylic acid groups (broad SMARTS) is 1. The summed E-state index contributed by atoms with van der Waals surface area (Å²) in [4.78, 5) is 27.3. The standard InChI is InChI=1S/C20H20N2O5/c1-2-3-8-18(23)21-13-9-10-16(26-12-19(24)25)14(11-13)20-22-15-6-4-5-7-17(15)27-20/h4-7,9-11H,2-3,8,12H2,1H3,(H,21,23)(H,24,25). The van der Waals surface area contributed by atoms with Crippen LogP contribution < -0.4 is 10.1 Å². The van der Waals surface area contributed by atoms with Crippen LogP contribution in [-0.4, -0.2) is 28.6 Å². The molecule has 2 aromatic carbocycles. The molecule has 0 aliphatic heterocycles. The Hall–Kier alpha value is -3.35. The summed E-state index contributed by atoms with van der Waals surface area (Å²) in [6, 6.07) is 12.2. The zero-order chi connectivity index (χ0) is 19.2. The summed E-state index contributed by atoms with van der Waals surface area (Å²) in [6.07, 6.45) is 2.18. The lowest BCUT2D eigenvalue weighted by Gasteiger charge is -2.11. The molecule has 0 radical (unpaired) electrons. The van der Waals surface area contributed by atoms with Gasteiger partial charge in [-0.25, -0.2) is 9.78 Å². The number of para-hydroxylation sites is 2. The summed E-state index contributed by atoms with van der Waals surface area (Å²) in [7, 11) is 0. The SMILES string of the molecule is CCCCC(=O)Nc1ccc(OCC(=O)O)c(-c2nc3ccccc3o2)c1. The maximum Gasteiger partial charge on any atom is 0.341 e. The van der Waals surface area contributed by atoms with Gasteiger partial charge in [-0.2, -0.15) is 0 Å². The van der Waals surface area contributed by atoms with Gasteiger partial charge in [0.1, 0.15) is 11.3 Å². The minimum Gasteiger partial charge on any atom is -0.481 e. The highest BCUT2D eigenvalue weighted by Gasteiger charge is 2.16. The second kappa shape index (κ2) is 8.35. The van der Waals surface area contributed by atoms with Crippen LogP contribution in [0.5, 0.6) is 5.75 Å². The monoisotopic (exact) mass is 368 g/mol. The molecule has 3 aromatic rings. The van der Waals surface area contributed by atoms with Crippen molar-refractivity contribution < 1.29 is 23.8 Å². The van der Waals surface area contributed by atoms with E-state index >= 15 is 0 Å². The fourth-order valence-electron chi connectivity index (χ4n) is 2.59. The summed E-state index contributed by atoms with van der Waals surface area (Å²) in [5.74, 6) is -0.563. The first-order valence-electron chi connectivity index (χ1n) is 8.71. The fourth-order valence-corrected chi connectivity index (χ4v) is 2.59. The van der Waals surface area contributed by atoms with Crippen LogP contribution in [0.2, 0.25) is 0 Å². The van der Waals surface area contributed by atoms with E-state index in [9.17, 15) is 9.59 Å². The van der Waals surface area contributed by atoms with Crippen molar-refractivity contribution in [1.82, 2.24) is 4.98 Å². The fraction of sp³-hybridized carbons (Fsp3) is 0.250. The third-order valence-electron chi connectivity index (χ3n) is 3.90. The van der Waals surface area contributed by atoms with E-state index in [-0.39, 0.29) is 5.91 Å². The van der Waals surface area contributed by atoms with Crippen molar-refractivity contribution in [3.8, 4) is 17.2 Å². The van der Waals surface area contributed by atoms with Gasteiger partial charge >= 0.3 is 5.97 Å². The minimum atomic E-state index is -1.09. The number of rotatable bonds is 8. The molecule has 1 amide bonds. The summed E-state index contributed by atoms with van der Waals surface area (Å²) >= 11 is 0. The number of fused-ring (bicyclic) bond motifs is 1. The van der Waals surface area contributed by atoms with Crippen molar-refractivity contribution in [2.24, 2.45) is 0 Å². The summed E-state index contributed by atoms with van der Waals surface area (Å²) in [5.41, 5.74) is 2.32. The van der Waals surface area contributed by atoms with Crippen LogP contribution in [0.25, 0.3) is 22.6 Å². The van der Waals surface area contributed by atoms with E-state index in [1.165, 1.54) is 0 Å². The predicted octanol–water partition coefficient (Wildman–Crippen LogP) is 4.09. The molecule has 0 atom stereocenters. The van der Waals surface area contributed by atoms with Gasteiger partial charge in [-0.1, -0.05) is 25.5 Å². The molecule has 140 valence electrons. The smallest absolute Gasteiger partial charge is 0.341 e. The molecule has 0 saturated carbocycles. The highest BCUT2D eigenvalue weighted by atomic mass is 16.5. The predicted molar refractivity (Wildman–Crippen MR) is 101 cm³/mol. The molecular weight excluding hydrogens is 348 g/mol. The minimum absolute atomic E-state index is 0.0837. The number of benzene rings is 2. The molecule has 0 aliphatic carbocycles. The Kier molecular flexibility index (Phi) is 5.71. The van der Waals surface area contributed by atoms with Crippen molar-refractivity contribution in [1.29, 1.82) is 0 Å². The zero-order valence-corrected chi connectivity index (χ0v) is 14.9. The van der Waals surface area contributed by atoms with Gasteiger partial charge in [0.25, 0.3) is 0 Å². The molecule has 7 heteroatoms. The molecule has 0 saturated heterocycles. The number of amides is 1. The second-order valence-electron chi connectivity index (χ2n) is 6.03. The molecule has 7 nitrogen and oxygen atoms in total. The van der Waals surface area contributed by atoms with Gasteiger partial charge in [0.05, 0.1) is 5.56 Å². The summed E-state index contributed by atoms with van der Waals surface area (Å²) < 4.78 is 11.1. The van der Waals surface area contributed by atoms with Crippen LogP contribution >= 0.6 is 0 Å². The average Bonchev–Trinajstić information content (AvgIpc) is 3.09. The lowest BCUT2D eigenvalue weighted by atomic mass is 10.1. The van der Waals surface area contributed by atoms with Crippen LogP contribution in [0, 0.1) is 0 Å². The highest BCUT2D eigenvalue weighted by Crippen LogP contribution is 2.34. The number of carboxylic acids is 1. The third-order valence-corrected chi connectivity index (χ3v) is 3.90.